The highest BCUT2D eigenvalue weighted by atomic mass is 32.1. The molecule has 7 N–H and O–H groups in total. The molecule has 0 bridgehead atoms. The zero-order valence-electron chi connectivity index (χ0n) is 15.8. The van der Waals surface area contributed by atoms with Crippen molar-refractivity contribution >= 4 is 42.9 Å². The van der Waals surface area contributed by atoms with Gasteiger partial charge in [0.05, 0.1) is 23.1 Å². The number of nitrogens with zero attached hydrogens (tertiary/aromatic N) is 1. The fraction of sp³-hybridized carbons (Fsp3) is 0.400. The Kier molecular flexibility index (Phi) is 6.09. The third-order valence-electron chi connectivity index (χ3n) is 5.07. The lowest BCUT2D eigenvalue weighted by atomic mass is 10.0. The molecule has 7 nitrogen and oxygen atoms in total. The predicted octanol–water partition coefficient (Wildman–Crippen LogP) is 0.817. The average Bonchev–Trinajstić information content (AvgIpc) is 3.08. The third-order valence-corrected chi connectivity index (χ3v) is 6.28. The Morgan fingerprint density at radius 2 is 1.71 bits per heavy atom. The van der Waals surface area contributed by atoms with Crippen LogP contribution in [0.4, 0.5) is 11.4 Å². The highest BCUT2D eigenvalue weighted by molar-refractivity contribution is 7.26. The Bertz CT molecular complexity index is 976. The summed E-state index contributed by atoms with van der Waals surface area (Å²) in [7, 11) is 1.78. The fourth-order valence-electron chi connectivity index (χ4n) is 3.37. The number of hydrogen-bond acceptors (Lipinski definition) is 8. The van der Waals surface area contributed by atoms with Crippen molar-refractivity contribution in [2.45, 2.75) is 31.3 Å². The van der Waals surface area contributed by atoms with E-state index in [1.165, 1.54) is 0 Å². The van der Waals surface area contributed by atoms with E-state index < -0.39 is 31.0 Å². The molecular formula is C20H26N2O5S. The van der Waals surface area contributed by atoms with Crippen molar-refractivity contribution in [2.75, 3.05) is 30.8 Å². The molecule has 3 rings (SSSR count). The van der Waals surface area contributed by atoms with Crippen molar-refractivity contribution < 1.29 is 25.5 Å². The van der Waals surface area contributed by atoms with Gasteiger partial charge in [-0.25, -0.2) is 0 Å². The van der Waals surface area contributed by atoms with Crippen molar-refractivity contribution in [3.05, 3.63) is 35.9 Å². The number of anilines is 2. The van der Waals surface area contributed by atoms with E-state index in [4.69, 9.17) is 10.8 Å². The highest BCUT2D eigenvalue weighted by Gasteiger charge is 2.31. The largest absolute Gasteiger partial charge is 0.397 e. The molecule has 0 aliphatic rings. The van der Waals surface area contributed by atoms with Gasteiger partial charge < -0.3 is 36.2 Å². The van der Waals surface area contributed by atoms with Gasteiger partial charge in [-0.2, -0.15) is 0 Å². The van der Waals surface area contributed by atoms with Crippen molar-refractivity contribution in [3.63, 3.8) is 0 Å². The lowest BCUT2D eigenvalue weighted by Gasteiger charge is -2.30. The average molecular weight is 407 g/mol. The molecule has 1 aromatic heterocycles. The lowest BCUT2D eigenvalue weighted by Crippen LogP contribution is -2.49. The van der Waals surface area contributed by atoms with Crippen LogP contribution < -0.4 is 10.6 Å². The summed E-state index contributed by atoms with van der Waals surface area (Å²) in [6.45, 7) is 1.22. The second-order valence-corrected chi connectivity index (χ2v) is 8.16. The molecule has 152 valence electrons. The lowest BCUT2D eigenvalue weighted by molar-refractivity contribution is -0.112. The predicted molar refractivity (Wildman–Crippen MR) is 113 cm³/mol. The zero-order valence-corrected chi connectivity index (χ0v) is 16.6. The number of nitrogen functional groups attached to an aromatic ring is 1. The molecule has 0 radical (unpaired) electrons. The molecule has 8 heteroatoms. The van der Waals surface area contributed by atoms with E-state index in [1.54, 1.807) is 23.3 Å². The standard InChI is InChI=1S/C20H26N2O5S/c1-10-7-12(22(2)8-13(24)18(26)19(27)14(25)9-23)16-11-5-3-4-6-15(11)28-20(16)17(10)21/h3-7,13-14,18-19,23-27H,8-9,21H2,1-2H3. The number of fused-ring (bicyclic) bond motifs is 3. The first-order valence-electron chi connectivity index (χ1n) is 9.00. The van der Waals surface area contributed by atoms with Gasteiger partial charge in [0, 0.05) is 34.8 Å². The van der Waals surface area contributed by atoms with Crippen LogP contribution in [0.15, 0.2) is 30.3 Å². The number of aliphatic hydroxyl groups excluding tert-OH is 5. The SMILES string of the molecule is Cc1cc(N(C)CC(O)C(O)C(O)C(O)CO)c2c(sc3ccccc32)c1N. The zero-order chi connectivity index (χ0) is 20.6. The first kappa shape index (κ1) is 20.8. The Hall–Kier alpha value is -1.94. The number of rotatable bonds is 7. The van der Waals surface area contributed by atoms with Gasteiger partial charge in [-0.1, -0.05) is 18.2 Å². The van der Waals surface area contributed by atoms with Gasteiger partial charge in [0.25, 0.3) is 0 Å². The molecule has 0 aliphatic carbocycles. The molecule has 4 unspecified atom stereocenters. The number of thiophene rings is 1. The van der Waals surface area contributed by atoms with Gasteiger partial charge in [-0.15, -0.1) is 11.3 Å². The Morgan fingerprint density at radius 3 is 2.39 bits per heavy atom. The minimum atomic E-state index is -1.65. The van der Waals surface area contributed by atoms with E-state index in [-0.39, 0.29) is 6.54 Å². The van der Waals surface area contributed by atoms with E-state index in [9.17, 15) is 20.4 Å². The summed E-state index contributed by atoms with van der Waals surface area (Å²) in [5, 5.41) is 50.8. The van der Waals surface area contributed by atoms with E-state index >= 15 is 0 Å². The van der Waals surface area contributed by atoms with E-state index in [0.717, 1.165) is 37.1 Å². The van der Waals surface area contributed by atoms with Crippen LogP contribution >= 0.6 is 11.3 Å². The van der Waals surface area contributed by atoms with Crippen LogP contribution in [0.25, 0.3) is 20.2 Å². The van der Waals surface area contributed by atoms with Crippen LogP contribution in [-0.4, -0.2) is 70.1 Å². The molecule has 2 aromatic carbocycles. The van der Waals surface area contributed by atoms with Crippen LogP contribution in [0, 0.1) is 6.92 Å². The number of likely N-dealkylation sites (N-methyl/N-ethyl adjacent to an activating group) is 1. The minimum absolute atomic E-state index is 0.0129. The summed E-state index contributed by atoms with van der Waals surface area (Å²) >= 11 is 1.61. The number of aryl methyl sites for hydroxylation is 1. The summed E-state index contributed by atoms with van der Waals surface area (Å²) in [6, 6.07) is 9.92. The Morgan fingerprint density at radius 1 is 1.07 bits per heavy atom. The summed E-state index contributed by atoms with van der Waals surface area (Å²) in [4.78, 5) is 1.79. The van der Waals surface area contributed by atoms with Crippen molar-refractivity contribution in [1.29, 1.82) is 0 Å². The molecule has 4 atom stereocenters. The Balaban J connectivity index is 1.98. The molecule has 28 heavy (non-hydrogen) atoms. The van der Waals surface area contributed by atoms with Crippen molar-refractivity contribution in [1.82, 2.24) is 0 Å². The summed E-state index contributed by atoms with van der Waals surface area (Å²) in [5.41, 5.74) is 8.78. The number of nitrogens with two attached hydrogens (primary N) is 1. The number of aliphatic hydroxyl groups is 5. The second-order valence-electron chi connectivity index (χ2n) is 7.11. The molecule has 0 spiro atoms. The smallest absolute Gasteiger partial charge is 0.111 e. The Labute approximate surface area is 166 Å². The number of benzene rings is 2. The highest BCUT2D eigenvalue weighted by Crippen LogP contribution is 2.43. The molecule has 0 saturated heterocycles. The normalized spacial score (nSPS) is 16.2. The molecule has 1 heterocycles. The van der Waals surface area contributed by atoms with Crippen molar-refractivity contribution in [2.24, 2.45) is 0 Å². The first-order chi connectivity index (χ1) is 13.3. The van der Waals surface area contributed by atoms with Gasteiger partial charge in [0.2, 0.25) is 0 Å². The second kappa shape index (κ2) is 8.20. The number of hydrogen-bond donors (Lipinski definition) is 6. The van der Waals surface area contributed by atoms with Crippen LogP contribution in [0.3, 0.4) is 0 Å². The van der Waals surface area contributed by atoms with Crippen LogP contribution in [-0.2, 0) is 0 Å². The van der Waals surface area contributed by atoms with E-state index in [2.05, 4.69) is 0 Å². The van der Waals surface area contributed by atoms with Crippen LogP contribution in [0.5, 0.6) is 0 Å². The molecule has 0 fully saturated rings. The van der Waals surface area contributed by atoms with Gasteiger partial charge >= 0.3 is 0 Å². The van der Waals surface area contributed by atoms with E-state index in [0.29, 0.717) is 0 Å². The molecular weight excluding hydrogens is 380 g/mol. The van der Waals surface area contributed by atoms with Crippen molar-refractivity contribution in [3.8, 4) is 0 Å². The minimum Gasteiger partial charge on any atom is -0.397 e. The topological polar surface area (TPSA) is 130 Å². The molecule has 0 saturated carbocycles. The summed E-state index contributed by atoms with van der Waals surface area (Å²) < 4.78 is 2.07. The van der Waals surface area contributed by atoms with Gasteiger partial charge in [-0.05, 0) is 24.6 Å². The third kappa shape index (κ3) is 3.67. The molecule has 0 aliphatic heterocycles. The maximum absolute atomic E-state index is 10.4. The van der Waals surface area contributed by atoms with Gasteiger partial charge in [-0.3, -0.25) is 0 Å². The maximum Gasteiger partial charge on any atom is 0.111 e. The monoisotopic (exact) mass is 406 g/mol. The van der Waals surface area contributed by atoms with Gasteiger partial charge in [0.1, 0.15) is 18.3 Å². The summed E-state index contributed by atoms with van der Waals surface area (Å²) in [6.07, 6.45) is -6.11. The van der Waals surface area contributed by atoms with Crippen LogP contribution in [0.2, 0.25) is 0 Å². The first-order valence-corrected chi connectivity index (χ1v) is 9.82. The molecule has 0 amide bonds. The maximum atomic E-state index is 10.4. The quantitative estimate of drug-likeness (QED) is 0.320. The summed E-state index contributed by atoms with van der Waals surface area (Å²) in [5.74, 6) is 0. The van der Waals surface area contributed by atoms with Gasteiger partial charge in [0.15, 0.2) is 0 Å². The fourth-order valence-corrected chi connectivity index (χ4v) is 4.61. The van der Waals surface area contributed by atoms with E-state index in [1.807, 2.05) is 37.3 Å². The van der Waals surface area contributed by atoms with Crippen LogP contribution in [0.1, 0.15) is 5.56 Å². The molecule has 3 aromatic rings.